The Morgan fingerprint density at radius 1 is 1.12 bits per heavy atom. The first kappa shape index (κ1) is 10.8. The summed E-state index contributed by atoms with van der Waals surface area (Å²) in [5.41, 5.74) is 0.650. The monoisotopic (exact) mass is 233 g/mol. The van der Waals surface area contributed by atoms with Crippen LogP contribution in [0, 0.1) is 5.82 Å². The Morgan fingerprint density at radius 3 is 2.76 bits per heavy atom. The molecule has 0 atom stereocenters. The molecule has 2 aromatic rings. The van der Waals surface area contributed by atoms with Gasteiger partial charge in [0.05, 0.1) is 6.54 Å². The molecule has 1 aromatic heterocycles. The van der Waals surface area contributed by atoms with Gasteiger partial charge < -0.3 is 4.42 Å². The molecule has 0 saturated carbocycles. The Balaban J connectivity index is 1.80. The Hall–Kier alpha value is -1.35. The van der Waals surface area contributed by atoms with Crippen molar-refractivity contribution < 1.29 is 8.81 Å². The molecular formula is C14H16FNO. The fourth-order valence-corrected chi connectivity index (χ4v) is 2.48. The van der Waals surface area contributed by atoms with E-state index < -0.39 is 0 Å². The fourth-order valence-electron chi connectivity index (χ4n) is 2.48. The Kier molecular flexibility index (Phi) is 2.85. The molecule has 0 bridgehead atoms. The first-order valence-electron chi connectivity index (χ1n) is 6.21. The van der Waals surface area contributed by atoms with Gasteiger partial charge in [-0.3, -0.25) is 4.90 Å². The lowest BCUT2D eigenvalue weighted by Gasteiger charge is -2.25. The summed E-state index contributed by atoms with van der Waals surface area (Å²) in [5.74, 6) is 0.698. The van der Waals surface area contributed by atoms with Crippen LogP contribution < -0.4 is 0 Å². The van der Waals surface area contributed by atoms with Crippen molar-refractivity contribution in [1.29, 1.82) is 0 Å². The lowest BCUT2D eigenvalue weighted by molar-refractivity contribution is 0.207. The van der Waals surface area contributed by atoms with Crippen LogP contribution in [0.15, 0.2) is 28.7 Å². The van der Waals surface area contributed by atoms with E-state index in [4.69, 9.17) is 4.42 Å². The second-order valence-electron chi connectivity index (χ2n) is 4.73. The van der Waals surface area contributed by atoms with Gasteiger partial charge >= 0.3 is 0 Å². The molecular weight excluding hydrogens is 217 g/mol. The maximum absolute atomic E-state index is 13.0. The van der Waals surface area contributed by atoms with Crippen molar-refractivity contribution in [3.63, 3.8) is 0 Å². The van der Waals surface area contributed by atoms with Gasteiger partial charge in [-0.25, -0.2) is 4.39 Å². The van der Waals surface area contributed by atoms with Crippen LogP contribution in [0.25, 0.3) is 11.0 Å². The van der Waals surface area contributed by atoms with Crippen LogP contribution >= 0.6 is 0 Å². The van der Waals surface area contributed by atoms with E-state index in [-0.39, 0.29) is 5.82 Å². The van der Waals surface area contributed by atoms with Gasteiger partial charge in [-0.15, -0.1) is 0 Å². The summed E-state index contributed by atoms with van der Waals surface area (Å²) >= 11 is 0. The molecule has 3 heteroatoms. The average Bonchev–Trinajstić information content (AvgIpc) is 2.71. The molecule has 1 aliphatic heterocycles. The maximum Gasteiger partial charge on any atom is 0.137 e. The van der Waals surface area contributed by atoms with Crippen molar-refractivity contribution in [2.45, 2.75) is 25.8 Å². The van der Waals surface area contributed by atoms with E-state index in [1.54, 1.807) is 6.07 Å². The number of hydrogen-bond acceptors (Lipinski definition) is 2. The number of hydrogen-bond donors (Lipinski definition) is 0. The maximum atomic E-state index is 13.0. The van der Waals surface area contributed by atoms with Crippen molar-refractivity contribution in [2.24, 2.45) is 0 Å². The summed E-state index contributed by atoms with van der Waals surface area (Å²) < 4.78 is 18.7. The molecule has 0 radical (unpaired) electrons. The highest BCUT2D eigenvalue weighted by molar-refractivity contribution is 5.77. The quantitative estimate of drug-likeness (QED) is 0.788. The zero-order valence-corrected chi connectivity index (χ0v) is 9.79. The van der Waals surface area contributed by atoms with Gasteiger partial charge in [0.25, 0.3) is 0 Å². The van der Waals surface area contributed by atoms with Crippen molar-refractivity contribution in [1.82, 2.24) is 4.90 Å². The molecule has 17 heavy (non-hydrogen) atoms. The molecule has 90 valence electrons. The van der Waals surface area contributed by atoms with E-state index in [0.29, 0.717) is 5.58 Å². The van der Waals surface area contributed by atoms with Gasteiger partial charge in [-0.05, 0) is 44.1 Å². The van der Waals surface area contributed by atoms with E-state index in [0.717, 1.165) is 30.8 Å². The molecule has 2 nitrogen and oxygen atoms in total. The minimum absolute atomic E-state index is 0.239. The first-order valence-corrected chi connectivity index (χ1v) is 6.21. The minimum atomic E-state index is -0.239. The fraction of sp³-hybridized carbons (Fsp3) is 0.429. The summed E-state index contributed by atoms with van der Waals surface area (Å²) in [6, 6.07) is 6.72. The molecule has 1 fully saturated rings. The average molecular weight is 233 g/mol. The molecule has 1 aliphatic rings. The number of fused-ring (bicyclic) bond motifs is 1. The third-order valence-corrected chi connectivity index (χ3v) is 3.36. The molecule has 0 amide bonds. The molecule has 3 rings (SSSR count). The molecule has 1 saturated heterocycles. The van der Waals surface area contributed by atoms with Gasteiger partial charge in [0.2, 0.25) is 0 Å². The van der Waals surface area contributed by atoms with E-state index in [9.17, 15) is 4.39 Å². The highest BCUT2D eigenvalue weighted by Crippen LogP contribution is 2.22. The topological polar surface area (TPSA) is 16.4 Å². The second kappa shape index (κ2) is 4.49. The van der Waals surface area contributed by atoms with Crippen LogP contribution in [0.2, 0.25) is 0 Å². The Morgan fingerprint density at radius 2 is 1.94 bits per heavy atom. The van der Waals surface area contributed by atoms with Crippen molar-refractivity contribution in [3.8, 4) is 0 Å². The zero-order chi connectivity index (χ0) is 11.7. The van der Waals surface area contributed by atoms with Gasteiger partial charge in [-0.1, -0.05) is 6.42 Å². The molecule has 0 aliphatic carbocycles. The number of rotatable bonds is 2. The number of halogens is 1. The largest absolute Gasteiger partial charge is 0.460 e. The third kappa shape index (κ3) is 2.34. The summed E-state index contributed by atoms with van der Waals surface area (Å²) in [4.78, 5) is 2.40. The first-order chi connectivity index (χ1) is 8.31. The number of furan rings is 1. The number of piperidine rings is 1. The second-order valence-corrected chi connectivity index (χ2v) is 4.73. The molecule has 2 heterocycles. The molecule has 1 aromatic carbocycles. The summed E-state index contributed by atoms with van der Waals surface area (Å²) in [7, 11) is 0. The summed E-state index contributed by atoms with van der Waals surface area (Å²) in [5, 5.41) is 0.985. The lowest BCUT2D eigenvalue weighted by atomic mass is 10.1. The molecule has 0 spiro atoms. The van der Waals surface area contributed by atoms with Gasteiger partial charge in [0, 0.05) is 11.5 Å². The van der Waals surface area contributed by atoms with Crippen LogP contribution in [-0.2, 0) is 6.54 Å². The van der Waals surface area contributed by atoms with Crippen LogP contribution in [0.1, 0.15) is 25.0 Å². The molecule has 0 N–H and O–H groups in total. The minimum Gasteiger partial charge on any atom is -0.460 e. The van der Waals surface area contributed by atoms with E-state index in [1.807, 2.05) is 6.07 Å². The van der Waals surface area contributed by atoms with Crippen LogP contribution in [0.4, 0.5) is 4.39 Å². The lowest BCUT2D eigenvalue weighted by Crippen LogP contribution is -2.28. The predicted molar refractivity (Wildman–Crippen MR) is 65.3 cm³/mol. The smallest absolute Gasteiger partial charge is 0.137 e. The molecule has 0 unspecified atom stereocenters. The van der Waals surface area contributed by atoms with Gasteiger partial charge in [-0.2, -0.15) is 0 Å². The highest BCUT2D eigenvalue weighted by atomic mass is 19.1. The van der Waals surface area contributed by atoms with Crippen molar-refractivity contribution >= 4 is 11.0 Å². The van der Waals surface area contributed by atoms with Crippen molar-refractivity contribution in [2.75, 3.05) is 13.1 Å². The number of likely N-dealkylation sites (tertiary alicyclic amines) is 1. The third-order valence-electron chi connectivity index (χ3n) is 3.36. The van der Waals surface area contributed by atoms with E-state index in [2.05, 4.69) is 4.90 Å². The van der Waals surface area contributed by atoms with Crippen LogP contribution in [-0.4, -0.2) is 18.0 Å². The number of nitrogens with zero attached hydrogens (tertiary/aromatic N) is 1. The standard InChI is InChI=1S/C14H16FNO/c15-12-5-4-11-8-13(17-14(11)9-12)10-16-6-2-1-3-7-16/h4-5,8-9H,1-3,6-7,10H2. The normalized spacial score (nSPS) is 17.7. The predicted octanol–water partition coefficient (Wildman–Crippen LogP) is 3.56. The number of benzene rings is 1. The van der Waals surface area contributed by atoms with Gasteiger partial charge in [0.1, 0.15) is 17.2 Å². The summed E-state index contributed by atoms with van der Waals surface area (Å²) in [6.07, 6.45) is 3.88. The van der Waals surface area contributed by atoms with Crippen LogP contribution in [0.3, 0.4) is 0 Å². The van der Waals surface area contributed by atoms with Gasteiger partial charge in [0.15, 0.2) is 0 Å². The zero-order valence-electron chi connectivity index (χ0n) is 9.79. The Labute approximate surface area is 100 Å². The SMILES string of the molecule is Fc1ccc2cc(CN3CCCCC3)oc2c1. The van der Waals surface area contributed by atoms with E-state index >= 15 is 0 Å². The summed E-state index contributed by atoms with van der Waals surface area (Å²) in [6.45, 7) is 3.13. The van der Waals surface area contributed by atoms with Crippen LogP contribution in [0.5, 0.6) is 0 Å². The van der Waals surface area contributed by atoms with Crippen molar-refractivity contribution in [3.05, 3.63) is 35.8 Å². The highest BCUT2D eigenvalue weighted by Gasteiger charge is 2.13. The van der Waals surface area contributed by atoms with E-state index in [1.165, 1.54) is 31.4 Å². The Bertz CT molecular complexity index is 514.